The molecule has 0 radical (unpaired) electrons. The molecule has 112 valence electrons. The van der Waals surface area contributed by atoms with E-state index < -0.39 is 4.92 Å². The van der Waals surface area contributed by atoms with Gasteiger partial charge in [0, 0.05) is 12.3 Å². The zero-order valence-electron chi connectivity index (χ0n) is 12.5. The predicted octanol–water partition coefficient (Wildman–Crippen LogP) is -0.827. The first-order chi connectivity index (χ1) is 9.47. The van der Waals surface area contributed by atoms with Gasteiger partial charge in [-0.15, -0.1) is 12.6 Å². The first-order valence-electron chi connectivity index (χ1n) is 6.05. The van der Waals surface area contributed by atoms with E-state index in [1.54, 1.807) is 11.8 Å². The van der Waals surface area contributed by atoms with Crippen molar-refractivity contribution in [2.75, 3.05) is 26.4 Å². The van der Waals surface area contributed by atoms with E-state index in [-0.39, 0.29) is 56.4 Å². The van der Waals surface area contributed by atoms with Crippen LogP contribution in [0.25, 0.3) is 0 Å². The molecule has 0 aliphatic heterocycles. The number of nitro groups is 1. The summed E-state index contributed by atoms with van der Waals surface area (Å²) in [4.78, 5) is 11.7. The molecule has 0 unspecified atom stereocenters. The van der Waals surface area contributed by atoms with Gasteiger partial charge in [0.05, 0.1) is 17.2 Å². The Hall–Kier alpha value is 0.516. The Balaban J connectivity index is 0.00000400. The van der Waals surface area contributed by atoms with E-state index in [0.717, 1.165) is 35.8 Å². The second kappa shape index (κ2) is 12.0. The van der Waals surface area contributed by atoms with Gasteiger partial charge in [0.1, 0.15) is 16.5 Å². The standard InChI is InChI=1S/C12H19N3O3S2.K/c1-14(2)7-10-3-4-11(18-10)9-20-6-5-13-12(19)8-15(16)17;/h3-4,8,13,19H,5-7,9H2,1-2H3;/q;+1. The van der Waals surface area contributed by atoms with Gasteiger partial charge in [-0.25, -0.2) is 0 Å². The first kappa shape index (κ1) is 21.5. The molecule has 1 heterocycles. The molecule has 0 saturated heterocycles. The summed E-state index contributed by atoms with van der Waals surface area (Å²) in [5.74, 6) is 3.50. The van der Waals surface area contributed by atoms with E-state index in [0.29, 0.717) is 6.54 Å². The monoisotopic (exact) mass is 356 g/mol. The Morgan fingerprint density at radius 1 is 1.52 bits per heavy atom. The number of hydrogen-bond acceptors (Lipinski definition) is 7. The van der Waals surface area contributed by atoms with Gasteiger partial charge in [-0.2, -0.15) is 11.8 Å². The van der Waals surface area contributed by atoms with Gasteiger partial charge in [0.2, 0.25) is 0 Å². The summed E-state index contributed by atoms with van der Waals surface area (Å²) in [6.45, 7) is 1.42. The van der Waals surface area contributed by atoms with E-state index in [9.17, 15) is 10.1 Å². The normalized spacial score (nSPS) is 11.3. The fraction of sp³-hybridized carbons (Fsp3) is 0.500. The minimum absolute atomic E-state index is 0. The van der Waals surface area contributed by atoms with Crippen molar-refractivity contribution in [3.05, 3.63) is 45.0 Å². The smallest absolute Gasteiger partial charge is 0.464 e. The number of thiol groups is 1. The molecule has 1 rings (SSSR count). The number of rotatable bonds is 9. The second-order valence-corrected chi connectivity index (χ2v) is 5.97. The largest absolute Gasteiger partial charge is 1.00 e. The van der Waals surface area contributed by atoms with Crippen LogP contribution in [0.1, 0.15) is 11.5 Å². The average Bonchev–Trinajstić information content (AvgIpc) is 2.74. The molecule has 0 atom stereocenters. The molecule has 1 aromatic rings. The van der Waals surface area contributed by atoms with Crippen LogP contribution in [0.5, 0.6) is 0 Å². The molecular formula is C12H19KN3O3S2+. The molecule has 0 aliphatic rings. The summed E-state index contributed by atoms with van der Waals surface area (Å²) in [6, 6.07) is 3.97. The summed E-state index contributed by atoms with van der Waals surface area (Å²) in [5, 5.41) is 13.3. The van der Waals surface area contributed by atoms with E-state index >= 15 is 0 Å². The van der Waals surface area contributed by atoms with Crippen molar-refractivity contribution < 1.29 is 60.7 Å². The zero-order valence-corrected chi connectivity index (χ0v) is 17.4. The quantitative estimate of drug-likeness (QED) is 0.198. The Kier molecular flexibility index (Phi) is 12.3. The Labute approximate surface area is 177 Å². The third-order valence-electron chi connectivity index (χ3n) is 2.21. The van der Waals surface area contributed by atoms with Crippen LogP contribution in [-0.2, 0) is 12.3 Å². The number of furan rings is 1. The fourth-order valence-electron chi connectivity index (χ4n) is 1.47. The van der Waals surface area contributed by atoms with Crippen molar-refractivity contribution in [3.63, 3.8) is 0 Å². The number of nitrogens with zero attached hydrogens (tertiary/aromatic N) is 2. The Morgan fingerprint density at radius 3 is 2.81 bits per heavy atom. The van der Waals surface area contributed by atoms with Crippen LogP contribution >= 0.6 is 24.4 Å². The van der Waals surface area contributed by atoms with Gasteiger partial charge < -0.3 is 14.6 Å². The van der Waals surface area contributed by atoms with E-state index in [4.69, 9.17) is 4.42 Å². The molecule has 1 aromatic heterocycles. The number of thioether (sulfide) groups is 1. The van der Waals surface area contributed by atoms with Crippen molar-refractivity contribution in [2.45, 2.75) is 12.3 Å². The SMILES string of the molecule is CN(C)Cc1ccc(CSCCNC(S)=C[N+](=O)[O-])o1.[K+]. The third-order valence-corrected chi connectivity index (χ3v) is 3.47. The minimum atomic E-state index is -0.530. The van der Waals surface area contributed by atoms with Gasteiger partial charge in [-0.05, 0) is 26.2 Å². The van der Waals surface area contributed by atoms with Crippen LogP contribution < -0.4 is 56.7 Å². The van der Waals surface area contributed by atoms with Crippen LogP contribution in [0.4, 0.5) is 0 Å². The van der Waals surface area contributed by atoms with Crippen LogP contribution in [0.15, 0.2) is 27.8 Å². The molecular weight excluding hydrogens is 337 g/mol. The molecule has 0 aliphatic carbocycles. The van der Waals surface area contributed by atoms with Crippen LogP contribution in [-0.4, -0.2) is 36.2 Å². The number of nitrogens with one attached hydrogen (secondary N) is 1. The van der Waals surface area contributed by atoms with Gasteiger partial charge >= 0.3 is 51.4 Å². The van der Waals surface area contributed by atoms with Gasteiger partial charge in [0.15, 0.2) is 0 Å². The van der Waals surface area contributed by atoms with Crippen molar-refractivity contribution in [1.82, 2.24) is 10.2 Å². The summed E-state index contributed by atoms with van der Waals surface area (Å²) in [5.41, 5.74) is 0. The maximum atomic E-state index is 10.2. The molecule has 0 fully saturated rings. The van der Waals surface area contributed by atoms with Gasteiger partial charge in [-0.1, -0.05) is 0 Å². The average molecular weight is 357 g/mol. The first-order valence-corrected chi connectivity index (χ1v) is 7.66. The number of hydrogen-bond donors (Lipinski definition) is 2. The van der Waals surface area contributed by atoms with E-state index in [1.807, 2.05) is 26.2 Å². The molecule has 0 saturated carbocycles. The van der Waals surface area contributed by atoms with E-state index in [1.165, 1.54) is 0 Å². The molecule has 21 heavy (non-hydrogen) atoms. The second-order valence-electron chi connectivity index (χ2n) is 4.38. The van der Waals surface area contributed by atoms with Crippen molar-refractivity contribution in [2.24, 2.45) is 0 Å². The van der Waals surface area contributed by atoms with Crippen molar-refractivity contribution >= 4 is 24.4 Å². The zero-order chi connectivity index (χ0) is 15.0. The van der Waals surface area contributed by atoms with Crippen molar-refractivity contribution in [1.29, 1.82) is 0 Å². The molecule has 0 bridgehead atoms. The molecule has 9 heteroatoms. The van der Waals surface area contributed by atoms with Crippen LogP contribution in [0.3, 0.4) is 0 Å². The maximum Gasteiger partial charge on any atom is 1.00 e. The van der Waals surface area contributed by atoms with Crippen LogP contribution in [0.2, 0.25) is 0 Å². The van der Waals surface area contributed by atoms with E-state index in [2.05, 4.69) is 22.8 Å². The fourth-order valence-corrected chi connectivity index (χ4v) is 2.42. The summed E-state index contributed by atoms with van der Waals surface area (Å²) >= 11 is 5.65. The molecule has 0 amide bonds. The molecule has 1 N–H and O–H groups in total. The predicted molar refractivity (Wildman–Crippen MR) is 84.3 cm³/mol. The van der Waals surface area contributed by atoms with Crippen LogP contribution in [0, 0.1) is 10.1 Å². The summed E-state index contributed by atoms with van der Waals surface area (Å²) < 4.78 is 5.68. The molecule has 0 spiro atoms. The van der Waals surface area contributed by atoms with Gasteiger partial charge in [-0.3, -0.25) is 10.1 Å². The minimum Gasteiger partial charge on any atom is -0.464 e. The topological polar surface area (TPSA) is 71.5 Å². The Morgan fingerprint density at radius 2 is 2.19 bits per heavy atom. The summed E-state index contributed by atoms with van der Waals surface area (Å²) in [6.07, 6.45) is 0.841. The van der Waals surface area contributed by atoms with Crippen molar-refractivity contribution in [3.8, 4) is 0 Å². The Bertz CT molecular complexity index is 466. The molecule has 0 aromatic carbocycles. The van der Waals surface area contributed by atoms with Gasteiger partial charge in [0.25, 0.3) is 6.20 Å². The summed E-state index contributed by atoms with van der Waals surface area (Å²) in [7, 11) is 3.99. The third kappa shape index (κ3) is 10.8. The maximum absolute atomic E-state index is 10.2. The molecule has 6 nitrogen and oxygen atoms in total.